The second-order valence-electron chi connectivity index (χ2n) is 5.83. The van der Waals surface area contributed by atoms with Gasteiger partial charge in [0, 0.05) is 18.8 Å². The molecule has 3 aromatic rings. The van der Waals surface area contributed by atoms with Crippen molar-refractivity contribution in [1.82, 2.24) is 0 Å². The summed E-state index contributed by atoms with van der Waals surface area (Å²) in [5.41, 5.74) is 3.68. The molecule has 0 heterocycles. The number of hydrogen-bond donors (Lipinski definition) is 1. The molecular weight excluding hydrogens is 294 g/mol. The summed E-state index contributed by atoms with van der Waals surface area (Å²) in [6.07, 6.45) is 0.741. The fourth-order valence-electron chi connectivity index (χ4n) is 3.09. The molecule has 24 heavy (non-hydrogen) atoms. The first-order valence-electron chi connectivity index (χ1n) is 8.42. The molecule has 0 bridgehead atoms. The summed E-state index contributed by atoms with van der Waals surface area (Å²) < 4.78 is 0. The maximum atomic E-state index is 9.36. The van der Waals surface area contributed by atoms with E-state index in [-0.39, 0.29) is 12.6 Å². The van der Waals surface area contributed by atoms with E-state index in [2.05, 4.69) is 77.7 Å². The lowest BCUT2D eigenvalue weighted by molar-refractivity contribution is 0.288. The second kappa shape index (κ2) is 8.32. The van der Waals surface area contributed by atoms with Gasteiger partial charge in [0.1, 0.15) is 0 Å². The van der Waals surface area contributed by atoms with Crippen LogP contribution in [-0.4, -0.2) is 18.3 Å². The van der Waals surface area contributed by atoms with Crippen LogP contribution >= 0.6 is 0 Å². The van der Waals surface area contributed by atoms with Crippen LogP contribution in [0.1, 0.15) is 23.6 Å². The molecule has 122 valence electrons. The summed E-state index contributed by atoms with van der Waals surface area (Å²) >= 11 is 0. The minimum absolute atomic E-state index is 0.126. The van der Waals surface area contributed by atoms with Gasteiger partial charge in [-0.15, -0.1) is 0 Å². The number of aliphatic hydroxyl groups is 1. The van der Waals surface area contributed by atoms with E-state index in [1.807, 2.05) is 18.2 Å². The van der Waals surface area contributed by atoms with Crippen LogP contribution in [0.4, 0.5) is 5.69 Å². The quantitative estimate of drug-likeness (QED) is 0.685. The summed E-state index contributed by atoms with van der Waals surface area (Å²) in [4.78, 5) is 2.38. The minimum atomic E-state index is 0.126. The summed E-state index contributed by atoms with van der Waals surface area (Å²) in [5.74, 6) is 0. The van der Waals surface area contributed by atoms with Crippen molar-refractivity contribution in [3.8, 4) is 0 Å². The number of benzene rings is 3. The molecule has 0 aliphatic heterocycles. The SMILES string of the molecule is OCCCN(c1ccccc1)C(c1ccccc1)c1ccccc1. The molecule has 2 heteroatoms. The fourth-order valence-corrected chi connectivity index (χ4v) is 3.09. The Kier molecular flexibility index (Phi) is 5.65. The molecule has 0 amide bonds. The van der Waals surface area contributed by atoms with Crippen molar-refractivity contribution in [3.05, 3.63) is 102 Å². The van der Waals surface area contributed by atoms with Gasteiger partial charge in [-0.05, 0) is 29.7 Å². The van der Waals surface area contributed by atoms with Gasteiger partial charge in [0.25, 0.3) is 0 Å². The van der Waals surface area contributed by atoms with Gasteiger partial charge in [-0.25, -0.2) is 0 Å². The van der Waals surface area contributed by atoms with Crippen molar-refractivity contribution in [1.29, 1.82) is 0 Å². The molecule has 1 N–H and O–H groups in total. The molecule has 2 nitrogen and oxygen atoms in total. The molecule has 0 atom stereocenters. The highest BCUT2D eigenvalue weighted by Gasteiger charge is 2.22. The molecular formula is C22H23NO. The number of nitrogens with zero attached hydrogens (tertiary/aromatic N) is 1. The van der Waals surface area contributed by atoms with E-state index in [0.29, 0.717) is 0 Å². The molecule has 0 spiro atoms. The Labute approximate surface area is 144 Å². The van der Waals surface area contributed by atoms with Crippen LogP contribution in [-0.2, 0) is 0 Å². The van der Waals surface area contributed by atoms with Crippen molar-refractivity contribution in [2.75, 3.05) is 18.1 Å². The lowest BCUT2D eigenvalue weighted by Gasteiger charge is -2.34. The van der Waals surface area contributed by atoms with Crippen molar-refractivity contribution in [3.63, 3.8) is 0 Å². The normalized spacial score (nSPS) is 10.8. The van der Waals surface area contributed by atoms with Crippen LogP contribution in [0.5, 0.6) is 0 Å². The molecule has 0 unspecified atom stereocenters. The van der Waals surface area contributed by atoms with Crippen molar-refractivity contribution < 1.29 is 5.11 Å². The Morgan fingerprint density at radius 2 is 1.12 bits per heavy atom. The highest BCUT2D eigenvalue weighted by molar-refractivity contribution is 5.52. The van der Waals surface area contributed by atoms with Crippen molar-refractivity contribution in [2.45, 2.75) is 12.5 Å². The van der Waals surface area contributed by atoms with Crippen molar-refractivity contribution >= 4 is 5.69 Å². The zero-order valence-electron chi connectivity index (χ0n) is 13.8. The average Bonchev–Trinajstić information content (AvgIpc) is 2.67. The predicted molar refractivity (Wildman–Crippen MR) is 100 cm³/mol. The summed E-state index contributed by atoms with van der Waals surface area (Å²) in [6.45, 7) is 0.995. The van der Waals surface area contributed by atoms with Gasteiger partial charge in [-0.1, -0.05) is 78.9 Å². The van der Waals surface area contributed by atoms with Crippen LogP contribution in [0.2, 0.25) is 0 Å². The van der Waals surface area contributed by atoms with E-state index in [9.17, 15) is 5.11 Å². The molecule has 0 aliphatic rings. The summed E-state index contributed by atoms with van der Waals surface area (Å²) in [5, 5.41) is 9.36. The molecule has 3 rings (SSSR count). The third-order valence-electron chi connectivity index (χ3n) is 4.19. The number of hydrogen-bond acceptors (Lipinski definition) is 2. The number of rotatable bonds is 7. The number of para-hydroxylation sites is 1. The minimum Gasteiger partial charge on any atom is -0.396 e. The Hall–Kier alpha value is -2.58. The molecule has 3 aromatic carbocycles. The lowest BCUT2D eigenvalue weighted by atomic mass is 9.96. The predicted octanol–water partition coefficient (Wildman–Crippen LogP) is 4.67. The van der Waals surface area contributed by atoms with Crippen LogP contribution in [0.15, 0.2) is 91.0 Å². The second-order valence-corrected chi connectivity index (χ2v) is 5.83. The van der Waals surface area contributed by atoms with E-state index < -0.39 is 0 Å². The Bertz CT molecular complexity index is 673. The van der Waals surface area contributed by atoms with Gasteiger partial charge in [-0.2, -0.15) is 0 Å². The highest BCUT2D eigenvalue weighted by Crippen LogP contribution is 2.32. The van der Waals surface area contributed by atoms with E-state index in [1.165, 1.54) is 16.8 Å². The zero-order chi connectivity index (χ0) is 16.6. The van der Waals surface area contributed by atoms with Crippen LogP contribution in [0, 0.1) is 0 Å². The molecule has 0 saturated heterocycles. The summed E-state index contributed by atoms with van der Waals surface area (Å²) in [7, 11) is 0. The van der Waals surface area contributed by atoms with E-state index in [1.54, 1.807) is 0 Å². The van der Waals surface area contributed by atoms with Crippen molar-refractivity contribution in [2.24, 2.45) is 0 Å². The van der Waals surface area contributed by atoms with Crippen LogP contribution in [0.25, 0.3) is 0 Å². The third kappa shape index (κ3) is 3.84. The Morgan fingerprint density at radius 1 is 0.667 bits per heavy atom. The van der Waals surface area contributed by atoms with Crippen LogP contribution in [0.3, 0.4) is 0 Å². The fraction of sp³-hybridized carbons (Fsp3) is 0.182. The molecule has 0 aliphatic carbocycles. The molecule has 0 fully saturated rings. The molecule has 0 saturated carbocycles. The van der Waals surface area contributed by atoms with Crippen LogP contribution < -0.4 is 4.90 Å². The molecule has 0 radical (unpaired) electrons. The molecule has 0 aromatic heterocycles. The Balaban J connectivity index is 2.07. The zero-order valence-corrected chi connectivity index (χ0v) is 13.8. The topological polar surface area (TPSA) is 23.5 Å². The smallest absolute Gasteiger partial charge is 0.0795 e. The lowest BCUT2D eigenvalue weighted by Crippen LogP contribution is -2.31. The maximum Gasteiger partial charge on any atom is 0.0795 e. The third-order valence-corrected chi connectivity index (χ3v) is 4.19. The first-order valence-corrected chi connectivity index (χ1v) is 8.42. The van der Waals surface area contributed by atoms with Gasteiger partial charge in [0.05, 0.1) is 6.04 Å². The maximum absolute atomic E-state index is 9.36. The first-order chi connectivity index (χ1) is 11.9. The largest absolute Gasteiger partial charge is 0.396 e. The van der Waals surface area contributed by atoms with E-state index in [4.69, 9.17) is 0 Å². The van der Waals surface area contributed by atoms with Gasteiger partial charge in [-0.3, -0.25) is 0 Å². The highest BCUT2D eigenvalue weighted by atomic mass is 16.3. The first kappa shape index (κ1) is 16.3. The number of aliphatic hydroxyl groups excluding tert-OH is 1. The van der Waals surface area contributed by atoms with Gasteiger partial charge < -0.3 is 10.0 Å². The van der Waals surface area contributed by atoms with Gasteiger partial charge >= 0.3 is 0 Å². The van der Waals surface area contributed by atoms with Gasteiger partial charge in [0.2, 0.25) is 0 Å². The van der Waals surface area contributed by atoms with E-state index >= 15 is 0 Å². The number of anilines is 1. The summed E-state index contributed by atoms with van der Waals surface area (Å²) in [6, 6.07) is 31.7. The standard InChI is InChI=1S/C22H23NO/c24-18-10-17-23(21-15-8-3-9-16-21)22(19-11-4-1-5-12-19)20-13-6-2-7-14-20/h1-9,11-16,22,24H,10,17-18H2. The Morgan fingerprint density at radius 3 is 1.58 bits per heavy atom. The van der Waals surface area contributed by atoms with E-state index in [0.717, 1.165) is 13.0 Å². The average molecular weight is 317 g/mol. The van der Waals surface area contributed by atoms with Gasteiger partial charge in [0.15, 0.2) is 0 Å². The monoisotopic (exact) mass is 317 g/mol.